The number of carbonyl (C=O) groups is 3. The Morgan fingerprint density at radius 3 is 2.28 bits per heavy atom. The molecule has 1 aromatic carbocycles. The van der Waals surface area contributed by atoms with Crippen molar-refractivity contribution in [3.8, 4) is 11.5 Å². The van der Waals surface area contributed by atoms with Gasteiger partial charge in [0.25, 0.3) is 5.91 Å². The fourth-order valence-corrected chi connectivity index (χ4v) is 4.41. The summed E-state index contributed by atoms with van der Waals surface area (Å²) >= 11 is 0. The molecule has 1 aromatic heterocycles. The molecule has 0 aliphatic heterocycles. The average Bonchev–Trinajstić information content (AvgIpc) is 2.86. The zero-order valence-electron chi connectivity index (χ0n) is 23.9. The van der Waals surface area contributed by atoms with Crippen molar-refractivity contribution in [3.05, 3.63) is 53.1 Å². The molecular formula is C29H39FN2O7. The maximum atomic E-state index is 13.7. The van der Waals surface area contributed by atoms with Gasteiger partial charge in [-0.05, 0) is 48.9 Å². The first kappa shape index (κ1) is 31.7. The summed E-state index contributed by atoms with van der Waals surface area (Å²) < 4.78 is 35.1. The molecule has 0 saturated carbocycles. The maximum Gasteiger partial charge on any atom is 0.329 e. The number of halogens is 1. The van der Waals surface area contributed by atoms with E-state index in [1.807, 2.05) is 20.8 Å². The van der Waals surface area contributed by atoms with Crippen molar-refractivity contribution in [1.82, 2.24) is 10.3 Å². The Morgan fingerprint density at radius 1 is 1.03 bits per heavy atom. The number of carbonyl (C=O) groups excluding carboxylic acids is 3. The number of hydrogen-bond acceptors (Lipinski definition) is 8. The number of methoxy groups -OCH3 is 2. The molecule has 0 saturated heterocycles. The van der Waals surface area contributed by atoms with Crippen LogP contribution in [0.25, 0.3) is 0 Å². The molecule has 0 aliphatic rings. The van der Waals surface area contributed by atoms with Gasteiger partial charge in [-0.25, -0.2) is 14.2 Å². The lowest BCUT2D eigenvalue weighted by atomic mass is 9.82. The van der Waals surface area contributed by atoms with E-state index in [0.717, 1.165) is 11.1 Å². The maximum absolute atomic E-state index is 13.7. The highest BCUT2D eigenvalue weighted by Crippen LogP contribution is 2.33. The van der Waals surface area contributed by atoms with Crippen molar-refractivity contribution in [3.63, 3.8) is 0 Å². The number of hydrogen-bond donors (Lipinski definition) is 1. The van der Waals surface area contributed by atoms with Crippen molar-refractivity contribution in [2.75, 3.05) is 20.8 Å². The van der Waals surface area contributed by atoms with Crippen LogP contribution in [0, 0.1) is 24.6 Å². The summed E-state index contributed by atoms with van der Waals surface area (Å²) in [5, 5.41) is 2.68. The quantitative estimate of drug-likeness (QED) is 0.363. The van der Waals surface area contributed by atoms with Gasteiger partial charge in [-0.3, -0.25) is 9.59 Å². The number of pyridine rings is 1. The van der Waals surface area contributed by atoms with Gasteiger partial charge in [-0.15, -0.1) is 0 Å². The van der Waals surface area contributed by atoms with Gasteiger partial charge >= 0.3 is 11.9 Å². The lowest BCUT2D eigenvalue weighted by Gasteiger charge is -2.31. The van der Waals surface area contributed by atoms with Gasteiger partial charge in [0.2, 0.25) is 5.75 Å². The molecule has 10 heteroatoms. The lowest BCUT2D eigenvalue weighted by Crippen LogP contribution is -2.47. The number of aromatic nitrogens is 1. The Hall–Kier alpha value is -3.53. The molecular weight excluding hydrogens is 507 g/mol. The average molecular weight is 547 g/mol. The predicted molar refractivity (Wildman–Crippen MR) is 143 cm³/mol. The van der Waals surface area contributed by atoms with E-state index in [1.54, 1.807) is 26.8 Å². The number of aryl methyl sites for hydroxylation is 1. The smallest absolute Gasteiger partial charge is 0.329 e. The molecule has 39 heavy (non-hydrogen) atoms. The first-order valence-electron chi connectivity index (χ1n) is 12.9. The molecule has 2 aromatic rings. The van der Waals surface area contributed by atoms with Gasteiger partial charge in [-0.2, -0.15) is 0 Å². The fourth-order valence-electron chi connectivity index (χ4n) is 4.41. The predicted octanol–water partition coefficient (Wildman–Crippen LogP) is 4.61. The molecule has 0 radical (unpaired) electrons. The van der Waals surface area contributed by atoms with Crippen LogP contribution < -0.4 is 14.8 Å². The highest BCUT2D eigenvalue weighted by Gasteiger charge is 2.33. The minimum absolute atomic E-state index is 0.0427. The Balaban J connectivity index is 2.27. The number of esters is 2. The number of ether oxygens (including phenoxy) is 4. The van der Waals surface area contributed by atoms with E-state index < -0.39 is 30.0 Å². The van der Waals surface area contributed by atoms with E-state index in [0.29, 0.717) is 0 Å². The van der Waals surface area contributed by atoms with Crippen molar-refractivity contribution < 1.29 is 37.7 Å². The third-order valence-corrected chi connectivity index (χ3v) is 6.35. The first-order valence-corrected chi connectivity index (χ1v) is 12.9. The molecule has 0 bridgehead atoms. The van der Waals surface area contributed by atoms with Crippen LogP contribution in [-0.2, 0) is 19.1 Å². The van der Waals surface area contributed by atoms with E-state index >= 15 is 0 Å². The van der Waals surface area contributed by atoms with Gasteiger partial charge in [0.15, 0.2) is 11.4 Å². The first-order chi connectivity index (χ1) is 18.4. The molecule has 9 nitrogen and oxygen atoms in total. The Labute approximate surface area is 229 Å². The normalized spacial score (nSPS) is 13.5. The molecule has 3 atom stereocenters. The van der Waals surface area contributed by atoms with E-state index in [9.17, 15) is 18.8 Å². The van der Waals surface area contributed by atoms with E-state index in [-0.39, 0.29) is 53.8 Å². The topological polar surface area (TPSA) is 113 Å². The van der Waals surface area contributed by atoms with Crippen LogP contribution in [0.4, 0.5) is 4.39 Å². The zero-order valence-corrected chi connectivity index (χ0v) is 23.9. The third-order valence-electron chi connectivity index (χ3n) is 6.35. The van der Waals surface area contributed by atoms with Crippen LogP contribution in [0.15, 0.2) is 30.5 Å². The summed E-state index contributed by atoms with van der Waals surface area (Å²) in [5.41, 5.74) is 1.44. The van der Waals surface area contributed by atoms with Crippen LogP contribution in [0.1, 0.15) is 68.6 Å². The summed E-state index contributed by atoms with van der Waals surface area (Å²) in [6.45, 7) is 11.3. The number of amides is 1. The van der Waals surface area contributed by atoms with Crippen molar-refractivity contribution >= 4 is 17.8 Å². The SMILES string of the molecule is COCCC(=O)Oc1c(OC)ccnc1C(=O)N[C@H](C(=O)O[C@@H](C)[C@H](c1ccc(F)cc1C)C(C)C)C(C)C. The van der Waals surface area contributed by atoms with Gasteiger partial charge in [0, 0.05) is 25.3 Å². The van der Waals surface area contributed by atoms with Gasteiger partial charge in [0.1, 0.15) is 18.0 Å². The zero-order chi connectivity index (χ0) is 29.3. The van der Waals surface area contributed by atoms with Crippen molar-refractivity contribution in [1.29, 1.82) is 0 Å². The van der Waals surface area contributed by atoms with Crippen LogP contribution in [0.5, 0.6) is 11.5 Å². The highest BCUT2D eigenvalue weighted by molar-refractivity contribution is 5.98. The number of nitrogens with zero attached hydrogens (tertiary/aromatic N) is 1. The molecule has 0 spiro atoms. The van der Waals surface area contributed by atoms with Crippen LogP contribution in [0.3, 0.4) is 0 Å². The summed E-state index contributed by atoms with van der Waals surface area (Å²) in [5.74, 6) is -2.81. The van der Waals surface area contributed by atoms with E-state index in [4.69, 9.17) is 18.9 Å². The number of rotatable bonds is 13. The molecule has 1 heterocycles. The summed E-state index contributed by atoms with van der Waals surface area (Å²) in [7, 11) is 2.82. The molecule has 0 aliphatic carbocycles. The third kappa shape index (κ3) is 8.48. The summed E-state index contributed by atoms with van der Waals surface area (Å²) in [6.07, 6.45) is 0.731. The molecule has 0 fully saturated rings. The van der Waals surface area contributed by atoms with E-state index in [1.165, 1.54) is 38.6 Å². The molecule has 214 valence electrons. The van der Waals surface area contributed by atoms with Gasteiger partial charge in [0.05, 0.1) is 20.1 Å². The molecule has 1 amide bonds. The van der Waals surface area contributed by atoms with Crippen molar-refractivity contribution in [2.24, 2.45) is 11.8 Å². The van der Waals surface area contributed by atoms with Crippen LogP contribution >= 0.6 is 0 Å². The lowest BCUT2D eigenvalue weighted by molar-refractivity contribution is -0.153. The number of benzene rings is 1. The van der Waals surface area contributed by atoms with E-state index in [2.05, 4.69) is 10.3 Å². The Morgan fingerprint density at radius 2 is 1.72 bits per heavy atom. The van der Waals surface area contributed by atoms with Crippen molar-refractivity contribution in [2.45, 2.75) is 66.0 Å². The Kier molecular flexibility index (Phi) is 11.8. The van der Waals surface area contributed by atoms with Gasteiger partial charge < -0.3 is 24.3 Å². The van der Waals surface area contributed by atoms with Crippen LogP contribution in [0.2, 0.25) is 0 Å². The summed E-state index contributed by atoms with van der Waals surface area (Å²) in [4.78, 5) is 42.9. The minimum Gasteiger partial charge on any atom is -0.493 e. The molecule has 1 N–H and O–H groups in total. The second-order valence-electron chi connectivity index (χ2n) is 10.0. The monoisotopic (exact) mass is 546 g/mol. The second kappa shape index (κ2) is 14.6. The molecule has 0 unspecified atom stereocenters. The number of nitrogens with one attached hydrogen (secondary N) is 1. The largest absolute Gasteiger partial charge is 0.493 e. The standard InChI is InChI=1S/C29H39FN2O7/c1-16(2)24(21-10-9-20(30)15-18(21)5)19(6)38-29(35)25(17(3)4)32-28(34)26-27(22(37-8)11-13-31-26)39-23(33)12-14-36-7/h9-11,13,15-17,19,24-25H,12,14H2,1-8H3,(H,32,34)/t19-,24+,25-/m0/s1. The van der Waals surface area contributed by atoms with Crippen LogP contribution in [-0.4, -0.2) is 55.8 Å². The second-order valence-corrected chi connectivity index (χ2v) is 10.0. The van der Waals surface area contributed by atoms with Gasteiger partial charge in [-0.1, -0.05) is 33.8 Å². The molecule has 2 rings (SSSR count). The fraction of sp³-hybridized carbons (Fsp3) is 0.517. The summed E-state index contributed by atoms with van der Waals surface area (Å²) in [6, 6.07) is 4.99. The Bertz CT molecular complexity index is 1150. The minimum atomic E-state index is -1.02. The highest BCUT2D eigenvalue weighted by atomic mass is 19.1.